The van der Waals surface area contributed by atoms with Gasteiger partial charge in [-0.15, -0.1) is 0 Å². The first kappa shape index (κ1) is 20.4. The van der Waals surface area contributed by atoms with Gasteiger partial charge in [0.05, 0.1) is 6.07 Å². The van der Waals surface area contributed by atoms with Gasteiger partial charge < -0.3 is 4.90 Å². The van der Waals surface area contributed by atoms with E-state index in [1.165, 1.54) is 12.8 Å². The van der Waals surface area contributed by atoms with Crippen molar-refractivity contribution in [2.45, 2.75) is 72.8 Å². The molecule has 1 N–H and O–H groups in total. The summed E-state index contributed by atoms with van der Waals surface area (Å²) in [4.78, 5) is 2.54. The third-order valence-corrected chi connectivity index (χ3v) is 3.99. The predicted octanol–water partition coefficient (Wildman–Crippen LogP) is 4.05. The van der Waals surface area contributed by atoms with Crippen molar-refractivity contribution in [1.82, 2.24) is 10.2 Å². The third kappa shape index (κ3) is 10.7. The molecule has 0 aliphatic carbocycles. The molecule has 1 unspecified atom stereocenters. The van der Waals surface area contributed by atoms with Gasteiger partial charge in [0.2, 0.25) is 0 Å². The first-order valence-corrected chi connectivity index (χ1v) is 8.71. The molecule has 0 rings (SSSR count). The zero-order chi connectivity index (χ0) is 16.3. The van der Waals surface area contributed by atoms with Gasteiger partial charge in [0.1, 0.15) is 5.54 Å². The molecule has 1 atom stereocenters. The summed E-state index contributed by atoms with van der Waals surface area (Å²) in [6.45, 7) is 17.5. The van der Waals surface area contributed by atoms with Gasteiger partial charge in [-0.2, -0.15) is 5.26 Å². The smallest absolute Gasteiger partial charge is 0.105 e. The first-order chi connectivity index (χ1) is 9.83. The Labute approximate surface area is 133 Å². The van der Waals surface area contributed by atoms with Gasteiger partial charge in [0, 0.05) is 6.54 Å². The van der Waals surface area contributed by atoms with E-state index in [0.29, 0.717) is 0 Å². The summed E-state index contributed by atoms with van der Waals surface area (Å²) in [6.07, 6.45) is 4.45. The molecule has 21 heavy (non-hydrogen) atoms. The van der Waals surface area contributed by atoms with Gasteiger partial charge in [-0.05, 0) is 64.1 Å². The van der Waals surface area contributed by atoms with E-state index < -0.39 is 0 Å². The molecule has 0 heterocycles. The summed E-state index contributed by atoms with van der Waals surface area (Å²) < 4.78 is 0. The lowest BCUT2D eigenvalue weighted by Crippen LogP contribution is -2.44. The van der Waals surface area contributed by atoms with Crippen molar-refractivity contribution in [3.63, 3.8) is 0 Å². The minimum Gasteiger partial charge on any atom is -0.303 e. The second-order valence-electron chi connectivity index (χ2n) is 7.33. The van der Waals surface area contributed by atoms with Gasteiger partial charge >= 0.3 is 0 Å². The molecule has 0 bridgehead atoms. The van der Waals surface area contributed by atoms with Crippen LogP contribution in [0, 0.1) is 23.2 Å². The molecule has 0 saturated heterocycles. The number of hydrogen-bond acceptors (Lipinski definition) is 3. The Balaban J connectivity index is 4.38. The molecule has 0 saturated carbocycles. The molecule has 0 aromatic heterocycles. The highest BCUT2D eigenvalue weighted by Gasteiger charge is 2.23. The summed E-state index contributed by atoms with van der Waals surface area (Å²) in [5.41, 5.74) is -0.385. The van der Waals surface area contributed by atoms with Crippen LogP contribution in [0.15, 0.2) is 0 Å². The molecular formula is C18H37N3. The van der Waals surface area contributed by atoms with Crippen molar-refractivity contribution >= 4 is 0 Å². The van der Waals surface area contributed by atoms with Crippen LogP contribution in [0.4, 0.5) is 0 Å². The highest BCUT2D eigenvalue weighted by atomic mass is 15.1. The fourth-order valence-electron chi connectivity index (χ4n) is 2.18. The standard InChI is InChI=1S/C18H37N3/c1-7-11-20-18(6,15-19)10-14-21(12-8-16(2)3)13-9-17(4)5/h16-17,20H,7-14H2,1-6H3. The average Bonchev–Trinajstić information content (AvgIpc) is 2.43. The van der Waals surface area contributed by atoms with Crippen LogP contribution < -0.4 is 5.32 Å². The Morgan fingerprint density at radius 2 is 1.57 bits per heavy atom. The number of rotatable bonds is 12. The van der Waals surface area contributed by atoms with E-state index >= 15 is 0 Å². The van der Waals surface area contributed by atoms with Crippen molar-refractivity contribution in [1.29, 1.82) is 5.26 Å². The highest BCUT2D eigenvalue weighted by molar-refractivity contribution is 5.03. The van der Waals surface area contributed by atoms with Crippen LogP contribution in [-0.2, 0) is 0 Å². The van der Waals surface area contributed by atoms with Crippen molar-refractivity contribution in [2.75, 3.05) is 26.2 Å². The number of nitriles is 1. The Morgan fingerprint density at radius 3 is 1.95 bits per heavy atom. The molecule has 0 amide bonds. The molecule has 0 fully saturated rings. The normalized spacial score (nSPS) is 14.7. The van der Waals surface area contributed by atoms with Gasteiger partial charge in [0.25, 0.3) is 0 Å². The molecule has 0 aromatic carbocycles. The van der Waals surface area contributed by atoms with Gasteiger partial charge in [-0.1, -0.05) is 34.6 Å². The fraction of sp³-hybridized carbons (Fsp3) is 0.944. The molecule has 0 spiro atoms. The van der Waals surface area contributed by atoms with Crippen LogP contribution in [0.1, 0.15) is 67.2 Å². The van der Waals surface area contributed by atoms with E-state index in [1.54, 1.807) is 0 Å². The summed E-state index contributed by atoms with van der Waals surface area (Å²) in [5.74, 6) is 1.49. The Morgan fingerprint density at radius 1 is 1.05 bits per heavy atom. The summed E-state index contributed by atoms with van der Waals surface area (Å²) in [5, 5.41) is 12.8. The number of nitrogens with zero attached hydrogens (tertiary/aromatic N) is 2. The van der Waals surface area contributed by atoms with Crippen LogP contribution in [0.3, 0.4) is 0 Å². The topological polar surface area (TPSA) is 39.1 Å². The van der Waals surface area contributed by atoms with Crippen molar-refractivity contribution in [3.05, 3.63) is 0 Å². The van der Waals surface area contributed by atoms with E-state index in [4.69, 9.17) is 0 Å². The molecule has 3 nitrogen and oxygen atoms in total. The van der Waals surface area contributed by atoms with Crippen LogP contribution in [0.2, 0.25) is 0 Å². The second-order valence-corrected chi connectivity index (χ2v) is 7.33. The van der Waals surface area contributed by atoms with Crippen molar-refractivity contribution in [2.24, 2.45) is 11.8 Å². The lowest BCUT2D eigenvalue weighted by Gasteiger charge is -2.29. The van der Waals surface area contributed by atoms with Crippen LogP contribution in [0.5, 0.6) is 0 Å². The third-order valence-electron chi connectivity index (χ3n) is 3.99. The van der Waals surface area contributed by atoms with Crippen LogP contribution in [-0.4, -0.2) is 36.6 Å². The fourth-order valence-corrected chi connectivity index (χ4v) is 2.18. The maximum Gasteiger partial charge on any atom is 0.105 e. The number of hydrogen-bond donors (Lipinski definition) is 1. The maximum atomic E-state index is 9.43. The first-order valence-electron chi connectivity index (χ1n) is 8.71. The van der Waals surface area contributed by atoms with E-state index in [9.17, 15) is 5.26 Å². The highest BCUT2D eigenvalue weighted by Crippen LogP contribution is 2.12. The minimum absolute atomic E-state index is 0.385. The van der Waals surface area contributed by atoms with Crippen LogP contribution in [0.25, 0.3) is 0 Å². The molecule has 124 valence electrons. The number of nitrogens with one attached hydrogen (secondary N) is 1. The average molecular weight is 296 g/mol. The van der Waals surface area contributed by atoms with E-state index in [0.717, 1.165) is 50.9 Å². The van der Waals surface area contributed by atoms with Crippen molar-refractivity contribution < 1.29 is 0 Å². The zero-order valence-corrected chi connectivity index (χ0v) is 15.2. The molecule has 0 aromatic rings. The van der Waals surface area contributed by atoms with Crippen LogP contribution >= 0.6 is 0 Å². The summed E-state index contributed by atoms with van der Waals surface area (Å²) in [6, 6.07) is 2.46. The Kier molecular flexibility index (Phi) is 10.7. The van der Waals surface area contributed by atoms with Crippen molar-refractivity contribution in [3.8, 4) is 6.07 Å². The van der Waals surface area contributed by atoms with E-state index in [2.05, 4.69) is 50.9 Å². The molecule has 3 heteroatoms. The van der Waals surface area contributed by atoms with E-state index in [1.807, 2.05) is 6.92 Å². The van der Waals surface area contributed by atoms with Gasteiger partial charge in [-0.3, -0.25) is 5.32 Å². The minimum atomic E-state index is -0.385. The molecule has 0 radical (unpaired) electrons. The van der Waals surface area contributed by atoms with E-state index in [-0.39, 0.29) is 5.54 Å². The maximum absolute atomic E-state index is 9.43. The summed E-state index contributed by atoms with van der Waals surface area (Å²) in [7, 11) is 0. The molecule has 0 aliphatic rings. The summed E-state index contributed by atoms with van der Waals surface area (Å²) >= 11 is 0. The Hall–Kier alpha value is -0.590. The second kappa shape index (κ2) is 11.0. The monoisotopic (exact) mass is 295 g/mol. The molecular weight excluding hydrogens is 258 g/mol. The largest absolute Gasteiger partial charge is 0.303 e. The lowest BCUT2D eigenvalue weighted by atomic mass is 9.98. The van der Waals surface area contributed by atoms with Gasteiger partial charge in [0.15, 0.2) is 0 Å². The van der Waals surface area contributed by atoms with Gasteiger partial charge in [-0.25, -0.2) is 0 Å². The quantitative estimate of drug-likeness (QED) is 0.590. The lowest BCUT2D eigenvalue weighted by molar-refractivity contribution is 0.222. The SMILES string of the molecule is CCCNC(C)(C#N)CCN(CCC(C)C)CCC(C)C. The Bertz CT molecular complexity index is 281. The molecule has 0 aliphatic heterocycles. The zero-order valence-electron chi connectivity index (χ0n) is 15.2. The predicted molar refractivity (Wildman–Crippen MR) is 92.3 cm³/mol.